The molecule has 0 aliphatic heterocycles. The molecule has 1 amide bonds. The highest BCUT2D eigenvalue weighted by molar-refractivity contribution is 7.92. The maximum atomic E-state index is 12.5. The molecule has 8 heteroatoms. The number of carbonyl (C=O) groups excluding carboxylic acids is 1. The summed E-state index contributed by atoms with van der Waals surface area (Å²) in [5.74, 6) is 0.202. The zero-order chi connectivity index (χ0) is 20.9. The number of sulfonamides is 1. The Kier molecular flexibility index (Phi) is 7.32. The Labute approximate surface area is 171 Å². The molecule has 0 bridgehead atoms. The molecule has 152 valence electrons. The SMILES string of the molecule is Cc1cccc(N(C(C)C(=O)NCCOc2ccc(C)c(Cl)c2)S(C)(=O)=O)c1. The monoisotopic (exact) mass is 424 g/mol. The van der Waals surface area contributed by atoms with E-state index in [1.807, 2.05) is 26.0 Å². The molecular formula is C20H25ClN2O4S. The van der Waals surface area contributed by atoms with Crippen molar-refractivity contribution in [1.29, 1.82) is 0 Å². The quantitative estimate of drug-likeness (QED) is 0.659. The first kappa shape index (κ1) is 22.0. The van der Waals surface area contributed by atoms with Crippen LogP contribution in [-0.2, 0) is 14.8 Å². The number of nitrogens with one attached hydrogen (secondary N) is 1. The Bertz CT molecular complexity index is 947. The summed E-state index contributed by atoms with van der Waals surface area (Å²) in [5, 5.41) is 3.32. The van der Waals surface area contributed by atoms with Crippen LogP contribution in [0, 0.1) is 13.8 Å². The molecular weight excluding hydrogens is 400 g/mol. The summed E-state index contributed by atoms with van der Waals surface area (Å²) in [6, 6.07) is 11.5. The minimum Gasteiger partial charge on any atom is -0.492 e. The van der Waals surface area contributed by atoms with Gasteiger partial charge in [0.1, 0.15) is 18.4 Å². The number of hydrogen-bond donors (Lipinski definition) is 1. The predicted octanol–water partition coefficient (Wildman–Crippen LogP) is 3.31. The van der Waals surface area contributed by atoms with Gasteiger partial charge in [-0.3, -0.25) is 9.10 Å². The number of hydrogen-bond acceptors (Lipinski definition) is 4. The molecule has 6 nitrogen and oxygen atoms in total. The van der Waals surface area contributed by atoms with Crippen LogP contribution in [0.25, 0.3) is 0 Å². The van der Waals surface area contributed by atoms with Crippen LogP contribution in [0.3, 0.4) is 0 Å². The maximum Gasteiger partial charge on any atom is 0.243 e. The van der Waals surface area contributed by atoms with Crippen LogP contribution in [0.15, 0.2) is 42.5 Å². The lowest BCUT2D eigenvalue weighted by Gasteiger charge is -2.28. The van der Waals surface area contributed by atoms with Crippen molar-refractivity contribution in [1.82, 2.24) is 5.32 Å². The third kappa shape index (κ3) is 5.87. The highest BCUT2D eigenvalue weighted by Gasteiger charge is 2.28. The van der Waals surface area contributed by atoms with E-state index in [2.05, 4.69) is 5.32 Å². The zero-order valence-corrected chi connectivity index (χ0v) is 18.0. The van der Waals surface area contributed by atoms with Crippen molar-refractivity contribution in [3.8, 4) is 5.75 Å². The normalized spacial score (nSPS) is 12.3. The second-order valence-corrected chi connectivity index (χ2v) is 8.89. The summed E-state index contributed by atoms with van der Waals surface area (Å²) in [5.41, 5.74) is 2.31. The molecule has 1 N–H and O–H groups in total. The van der Waals surface area contributed by atoms with Crippen molar-refractivity contribution in [3.05, 3.63) is 58.6 Å². The summed E-state index contributed by atoms with van der Waals surface area (Å²) >= 11 is 6.05. The number of aryl methyl sites for hydroxylation is 2. The van der Waals surface area contributed by atoms with E-state index in [9.17, 15) is 13.2 Å². The summed E-state index contributed by atoms with van der Waals surface area (Å²) in [6.45, 7) is 5.79. The minimum atomic E-state index is -3.63. The molecule has 2 aromatic rings. The van der Waals surface area contributed by atoms with Gasteiger partial charge in [0.05, 0.1) is 18.5 Å². The molecule has 1 atom stereocenters. The molecule has 0 heterocycles. The number of amides is 1. The zero-order valence-electron chi connectivity index (χ0n) is 16.4. The van der Waals surface area contributed by atoms with Crippen molar-refractivity contribution >= 4 is 33.2 Å². The molecule has 0 saturated heterocycles. The summed E-state index contributed by atoms with van der Waals surface area (Å²) in [4.78, 5) is 12.5. The summed E-state index contributed by atoms with van der Waals surface area (Å²) in [7, 11) is -3.63. The van der Waals surface area contributed by atoms with Crippen molar-refractivity contribution in [2.75, 3.05) is 23.7 Å². The number of ether oxygens (including phenoxy) is 1. The minimum absolute atomic E-state index is 0.236. The van der Waals surface area contributed by atoms with Gasteiger partial charge in [0.25, 0.3) is 0 Å². The van der Waals surface area contributed by atoms with E-state index in [4.69, 9.17) is 16.3 Å². The van der Waals surface area contributed by atoms with Gasteiger partial charge in [-0.25, -0.2) is 8.42 Å². The third-order valence-corrected chi connectivity index (χ3v) is 5.81. The first-order chi connectivity index (χ1) is 13.1. The van der Waals surface area contributed by atoms with Crippen molar-refractivity contribution in [3.63, 3.8) is 0 Å². The number of carbonyl (C=O) groups is 1. The fourth-order valence-corrected chi connectivity index (χ4v) is 4.07. The maximum absolute atomic E-state index is 12.5. The molecule has 0 fully saturated rings. The van der Waals surface area contributed by atoms with Crippen LogP contribution in [0.4, 0.5) is 5.69 Å². The van der Waals surface area contributed by atoms with Gasteiger partial charge in [0.15, 0.2) is 0 Å². The van der Waals surface area contributed by atoms with Crippen molar-refractivity contribution in [2.24, 2.45) is 0 Å². The molecule has 28 heavy (non-hydrogen) atoms. The number of anilines is 1. The van der Waals surface area contributed by atoms with E-state index in [0.717, 1.165) is 21.7 Å². The lowest BCUT2D eigenvalue weighted by atomic mass is 10.2. The van der Waals surface area contributed by atoms with Gasteiger partial charge in [0.2, 0.25) is 15.9 Å². The molecule has 0 saturated carbocycles. The second-order valence-electron chi connectivity index (χ2n) is 6.62. The first-order valence-corrected chi connectivity index (χ1v) is 11.0. The Morgan fingerprint density at radius 3 is 2.54 bits per heavy atom. The van der Waals surface area contributed by atoms with E-state index in [1.54, 1.807) is 37.3 Å². The average molecular weight is 425 g/mol. The molecule has 0 aliphatic carbocycles. The number of halogens is 1. The third-order valence-electron chi connectivity index (χ3n) is 4.16. The van der Waals surface area contributed by atoms with Gasteiger partial charge in [-0.2, -0.15) is 0 Å². The number of rotatable bonds is 8. The molecule has 2 rings (SSSR count). The Hall–Kier alpha value is -2.25. The van der Waals surface area contributed by atoms with E-state index in [1.165, 1.54) is 0 Å². The van der Waals surface area contributed by atoms with E-state index in [0.29, 0.717) is 16.5 Å². The van der Waals surface area contributed by atoms with Crippen LogP contribution in [-0.4, -0.2) is 39.8 Å². The molecule has 0 radical (unpaired) electrons. The van der Waals surface area contributed by atoms with Gasteiger partial charge >= 0.3 is 0 Å². The van der Waals surface area contributed by atoms with Crippen molar-refractivity contribution in [2.45, 2.75) is 26.8 Å². The highest BCUT2D eigenvalue weighted by Crippen LogP contribution is 2.22. The topological polar surface area (TPSA) is 75.7 Å². The highest BCUT2D eigenvalue weighted by atomic mass is 35.5. The smallest absolute Gasteiger partial charge is 0.243 e. The molecule has 1 unspecified atom stereocenters. The first-order valence-electron chi connectivity index (χ1n) is 8.82. The largest absolute Gasteiger partial charge is 0.492 e. The lowest BCUT2D eigenvalue weighted by molar-refractivity contribution is -0.121. The fourth-order valence-electron chi connectivity index (χ4n) is 2.73. The van der Waals surface area contributed by atoms with Crippen LogP contribution >= 0.6 is 11.6 Å². The molecule has 0 aromatic heterocycles. The summed E-state index contributed by atoms with van der Waals surface area (Å²) < 4.78 is 31.2. The second kappa shape index (κ2) is 9.30. The van der Waals surface area contributed by atoms with Crippen LogP contribution in [0.5, 0.6) is 5.75 Å². The number of nitrogens with zero attached hydrogens (tertiary/aromatic N) is 1. The molecule has 0 spiro atoms. The predicted molar refractivity (Wildman–Crippen MR) is 113 cm³/mol. The van der Waals surface area contributed by atoms with E-state index in [-0.39, 0.29) is 13.2 Å². The van der Waals surface area contributed by atoms with Crippen LogP contribution in [0.2, 0.25) is 5.02 Å². The number of benzene rings is 2. The van der Waals surface area contributed by atoms with E-state index >= 15 is 0 Å². The summed E-state index contributed by atoms with van der Waals surface area (Å²) in [6.07, 6.45) is 1.09. The van der Waals surface area contributed by atoms with Gasteiger partial charge < -0.3 is 10.1 Å². The molecule has 0 aliphatic rings. The standard InChI is InChI=1S/C20H25ClN2O4S/c1-14-6-5-7-17(12-14)23(28(4,25)26)16(3)20(24)22-10-11-27-18-9-8-15(2)19(21)13-18/h5-9,12-13,16H,10-11H2,1-4H3,(H,22,24). The van der Waals surface area contributed by atoms with Crippen molar-refractivity contribution < 1.29 is 17.9 Å². The molecule has 2 aromatic carbocycles. The van der Waals surface area contributed by atoms with Crippen LogP contribution in [0.1, 0.15) is 18.1 Å². The van der Waals surface area contributed by atoms with Crippen LogP contribution < -0.4 is 14.4 Å². The van der Waals surface area contributed by atoms with Gasteiger partial charge in [0, 0.05) is 5.02 Å². The van der Waals surface area contributed by atoms with Gasteiger partial charge in [-0.1, -0.05) is 29.8 Å². The Morgan fingerprint density at radius 2 is 1.93 bits per heavy atom. The van der Waals surface area contributed by atoms with E-state index < -0.39 is 22.0 Å². The lowest BCUT2D eigenvalue weighted by Crippen LogP contribution is -2.48. The Morgan fingerprint density at radius 1 is 1.21 bits per heavy atom. The van der Waals surface area contributed by atoms with Gasteiger partial charge in [-0.15, -0.1) is 0 Å². The fraction of sp³-hybridized carbons (Fsp3) is 0.350. The Balaban J connectivity index is 1.98. The van der Waals surface area contributed by atoms with Gasteiger partial charge in [-0.05, 0) is 56.2 Å². The average Bonchev–Trinajstić information content (AvgIpc) is 2.60.